The highest BCUT2D eigenvalue weighted by molar-refractivity contribution is 5.14. The Morgan fingerprint density at radius 2 is 2.10 bits per heavy atom. The Morgan fingerprint density at radius 1 is 1.40 bits per heavy atom. The lowest BCUT2D eigenvalue weighted by molar-refractivity contribution is 0.810. The standard InChI is InChI=1S/C10H18/c1-4-7-8-9-10(5-2)6-3/h5,9H,2,4,6-8H2,1,3H3/b10-9-. The number of hydrogen-bond donors (Lipinski definition) is 0. The predicted octanol–water partition coefficient (Wildman–Crippen LogP) is 3.70. The van der Waals surface area contributed by atoms with E-state index in [0.29, 0.717) is 0 Å². The fourth-order valence-electron chi connectivity index (χ4n) is 0.864. The fraction of sp³-hybridized carbons (Fsp3) is 0.600. The third-order valence-electron chi connectivity index (χ3n) is 1.63. The lowest BCUT2D eigenvalue weighted by atomic mass is 10.1. The van der Waals surface area contributed by atoms with Gasteiger partial charge in [0.05, 0.1) is 0 Å². The zero-order valence-electron chi connectivity index (χ0n) is 7.19. The molecular weight excluding hydrogens is 120 g/mol. The first-order chi connectivity index (χ1) is 4.85. The van der Waals surface area contributed by atoms with Crippen molar-refractivity contribution in [2.75, 3.05) is 0 Å². The van der Waals surface area contributed by atoms with Crippen molar-refractivity contribution < 1.29 is 0 Å². The van der Waals surface area contributed by atoms with E-state index >= 15 is 0 Å². The van der Waals surface area contributed by atoms with E-state index in [1.807, 2.05) is 6.08 Å². The summed E-state index contributed by atoms with van der Waals surface area (Å²) in [6.07, 6.45) is 9.16. The second-order valence-corrected chi connectivity index (χ2v) is 2.48. The highest BCUT2D eigenvalue weighted by Crippen LogP contribution is 2.05. The van der Waals surface area contributed by atoms with Crippen LogP contribution in [0.2, 0.25) is 0 Å². The van der Waals surface area contributed by atoms with Crippen molar-refractivity contribution in [3.05, 3.63) is 24.3 Å². The summed E-state index contributed by atoms with van der Waals surface area (Å²) in [6, 6.07) is 0. The number of unbranched alkanes of at least 4 members (excludes halogenated alkanes) is 2. The van der Waals surface area contributed by atoms with Crippen LogP contribution in [0, 0.1) is 0 Å². The predicted molar refractivity (Wildman–Crippen MR) is 48.1 cm³/mol. The van der Waals surface area contributed by atoms with Crippen LogP contribution in [-0.2, 0) is 0 Å². The number of allylic oxidation sites excluding steroid dienone is 3. The summed E-state index contributed by atoms with van der Waals surface area (Å²) in [5.41, 5.74) is 1.38. The summed E-state index contributed by atoms with van der Waals surface area (Å²) in [4.78, 5) is 0. The van der Waals surface area contributed by atoms with Crippen LogP contribution in [0.1, 0.15) is 39.5 Å². The molecule has 0 saturated carbocycles. The van der Waals surface area contributed by atoms with Gasteiger partial charge in [0, 0.05) is 0 Å². The van der Waals surface area contributed by atoms with Crippen molar-refractivity contribution in [2.24, 2.45) is 0 Å². The molecule has 0 aromatic heterocycles. The molecule has 0 aliphatic rings. The van der Waals surface area contributed by atoms with E-state index in [2.05, 4.69) is 26.5 Å². The molecule has 0 radical (unpaired) electrons. The Bertz CT molecular complexity index is 109. The Morgan fingerprint density at radius 3 is 2.50 bits per heavy atom. The Kier molecular flexibility index (Phi) is 6.25. The van der Waals surface area contributed by atoms with Gasteiger partial charge in [-0.05, 0) is 12.8 Å². The van der Waals surface area contributed by atoms with E-state index in [4.69, 9.17) is 0 Å². The van der Waals surface area contributed by atoms with Crippen molar-refractivity contribution in [3.63, 3.8) is 0 Å². The molecule has 0 amide bonds. The lowest BCUT2D eigenvalue weighted by Gasteiger charge is -1.94. The molecule has 0 fully saturated rings. The maximum atomic E-state index is 3.74. The van der Waals surface area contributed by atoms with Gasteiger partial charge in [0.25, 0.3) is 0 Å². The van der Waals surface area contributed by atoms with Gasteiger partial charge in [-0.1, -0.05) is 51.0 Å². The molecule has 0 aromatic rings. The first-order valence-corrected chi connectivity index (χ1v) is 4.16. The summed E-state index contributed by atoms with van der Waals surface area (Å²) in [7, 11) is 0. The van der Waals surface area contributed by atoms with Crippen LogP contribution < -0.4 is 0 Å². The molecule has 0 aliphatic heterocycles. The summed E-state index contributed by atoms with van der Waals surface area (Å²) in [5, 5.41) is 0. The van der Waals surface area contributed by atoms with Crippen molar-refractivity contribution in [3.8, 4) is 0 Å². The van der Waals surface area contributed by atoms with Gasteiger partial charge >= 0.3 is 0 Å². The molecule has 0 nitrogen and oxygen atoms in total. The maximum Gasteiger partial charge on any atom is -0.0311 e. The normalized spacial score (nSPS) is 11.6. The first-order valence-electron chi connectivity index (χ1n) is 4.16. The van der Waals surface area contributed by atoms with Crippen molar-refractivity contribution in [1.29, 1.82) is 0 Å². The van der Waals surface area contributed by atoms with Crippen LogP contribution in [0.15, 0.2) is 24.3 Å². The lowest BCUT2D eigenvalue weighted by Crippen LogP contribution is -1.74. The van der Waals surface area contributed by atoms with Crippen LogP contribution >= 0.6 is 0 Å². The average molecular weight is 138 g/mol. The molecule has 0 N–H and O–H groups in total. The molecule has 0 heterocycles. The van der Waals surface area contributed by atoms with Crippen molar-refractivity contribution >= 4 is 0 Å². The van der Waals surface area contributed by atoms with E-state index in [0.717, 1.165) is 6.42 Å². The molecule has 0 atom stereocenters. The van der Waals surface area contributed by atoms with E-state index in [1.54, 1.807) is 0 Å². The molecule has 0 heteroatoms. The summed E-state index contributed by atoms with van der Waals surface area (Å²) in [6.45, 7) is 8.12. The molecular formula is C10H18. The fourth-order valence-corrected chi connectivity index (χ4v) is 0.864. The van der Waals surface area contributed by atoms with Gasteiger partial charge in [-0.2, -0.15) is 0 Å². The van der Waals surface area contributed by atoms with Gasteiger partial charge in [-0.15, -0.1) is 0 Å². The van der Waals surface area contributed by atoms with Gasteiger partial charge in [0.15, 0.2) is 0 Å². The van der Waals surface area contributed by atoms with E-state index in [-0.39, 0.29) is 0 Å². The quantitative estimate of drug-likeness (QED) is 0.401. The molecule has 0 spiro atoms. The summed E-state index contributed by atoms with van der Waals surface area (Å²) >= 11 is 0. The molecule has 10 heavy (non-hydrogen) atoms. The van der Waals surface area contributed by atoms with Gasteiger partial charge in [0.1, 0.15) is 0 Å². The Hall–Kier alpha value is -0.520. The number of hydrogen-bond acceptors (Lipinski definition) is 0. The third-order valence-corrected chi connectivity index (χ3v) is 1.63. The third kappa shape index (κ3) is 4.37. The van der Waals surface area contributed by atoms with Crippen LogP contribution in [-0.4, -0.2) is 0 Å². The van der Waals surface area contributed by atoms with Gasteiger partial charge < -0.3 is 0 Å². The van der Waals surface area contributed by atoms with E-state index < -0.39 is 0 Å². The monoisotopic (exact) mass is 138 g/mol. The van der Waals surface area contributed by atoms with Crippen molar-refractivity contribution in [2.45, 2.75) is 39.5 Å². The minimum Gasteiger partial charge on any atom is -0.0988 e. The van der Waals surface area contributed by atoms with Gasteiger partial charge in [-0.25, -0.2) is 0 Å². The topological polar surface area (TPSA) is 0 Å². The molecule has 0 unspecified atom stereocenters. The second kappa shape index (κ2) is 6.60. The average Bonchev–Trinajstić information content (AvgIpc) is 1.99. The van der Waals surface area contributed by atoms with E-state index in [9.17, 15) is 0 Å². The van der Waals surface area contributed by atoms with Crippen molar-refractivity contribution in [1.82, 2.24) is 0 Å². The Labute approximate surface area is 64.6 Å². The smallest absolute Gasteiger partial charge is 0.0311 e. The number of rotatable bonds is 5. The molecule has 0 bridgehead atoms. The molecule has 0 rings (SSSR count). The maximum absolute atomic E-state index is 3.74. The summed E-state index contributed by atoms with van der Waals surface area (Å²) in [5.74, 6) is 0. The Balaban J connectivity index is 3.53. The molecule has 58 valence electrons. The minimum absolute atomic E-state index is 1.12. The zero-order chi connectivity index (χ0) is 7.82. The highest BCUT2D eigenvalue weighted by Gasteiger charge is 1.84. The summed E-state index contributed by atoms with van der Waals surface area (Å²) < 4.78 is 0. The molecule has 0 saturated heterocycles. The first kappa shape index (κ1) is 9.48. The van der Waals surface area contributed by atoms with Gasteiger partial charge in [0.2, 0.25) is 0 Å². The van der Waals surface area contributed by atoms with Crippen LogP contribution in [0.5, 0.6) is 0 Å². The van der Waals surface area contributed by atoms with Crippen LogP contribution in [0.25, 0.3) is 0 Å². The molecule has 0 aliphatic carbocycles. The molecule has 0 aromatic carbocycles. The van der Waals surface area contributed by atoms with E-state index in [1.165, 1.54) is 24.8 Å². The van der Waals surface area contributed by atoms with Crippen LogP contribution in [0.4, 0.5) is 0 Å². The van der Waals surface area contributed by atoms with Crippen LogP contribution in [0.3, 0.4) is 0 Å². The zero-order valence-corrected chi connectivity index (χ0v) is 7.19. The highest BCUT2D eigenvalue weighted by atomic mass is 13.9. The minimum atomic E-state index is 1.12. The second-order valence-electron chi connectivity index (χ2n) is 2.48. The largest absolute Gasteiger partial charge is 0.0988 e. The SMILES string of the molecule is C=C/C(=C/CCCC)CC. The van der Waals surface area contributed by atoms with Gasteiger partial charge in [-0.3, -0.25) is 0 Å².